The van der Waals surface area contributed by atoms with Gasteiger partial charge in [-0.3, -0.25) is 9.52 Å². The van der Waals surface area contributed by atoms with Crippen molar-refractivity contribution in [3.63, 3.8) is 0 Å². The molecule has 0 saturated heterocycles. The van der Waals surface area contributed by atoms with Crippen LogP contribution in [0.2, 0.25) is 0 Å². The third-order valence-corrected chi connectivity index (χ3v) is 6.36. The van der Waals surface area contributed by atoms with Crippen LogP contribution in [0.1, 0.15) is 22.3 Å². The lowest BCUT2D eigenvalue weighted by molar-refractivity contribution is -0.122. The normalized spacial score (nSPS) is 13.6. The largest absolute Gasteiger partial charge is 0.375 e. The van der Waals surface area contributed by atoms with E-state index < -0.39 is 10.0 Å². The Morgan fingerprint density at radius 1 is 1.15 bits per heavy atom. The molecule has 0 fully saturated rings. The van der Waals surface area contributed by atoms with Crippen molar-refractivity contribution in [2.75, 3.05) is 29.9 Å². The minimum Gasteiger partial charge on any atom is -0.375 e. The summed E-state index contributed by atoms with van der Waals surface area (Å²) in [5.41, 5.74) is 4.62. The third-order valence-electron chi connectivity index (χ3n) is 4.68. The zero-order valence-electron chi connectivity index (χ0n) is 16.0. The lowest BCUT2D eigenvalue weighted by Crippen LogP contribution is -2.32. The molecule has 1 N–H and O–H groups in total. The maximum Gasteiger partial charge on any atom is 0.262 e. The SMILES string of the molecule is COCC(=O)N1CCc2ccc(NS(=O)(=O)c3c(C)cc(C)cc3C)cc21. The molecule has 144 valence electrons. The quantitative estimate of drug-likeness (QED) is 0.854. The average Bonchev–Trinajstić information content (AvgIpc) is 2.96. The van der Waals surface area contributed by atoms with Crippen molar-refractivity contribution < 1.29 is 17.9 Å². The van der Waals surface area contributed by atoms with E-state index in [0.717, 1.165) is 23.2 Å². The summed E-state index contributed by atoms with van der Waals surface area (Å²) >= 11 is 0. The van der Waals surface area contributed by atoms with Crippen LogP contribution < -0.4 is 9.62 Å². The van der Waals surface area contributed by atoms with Crippen molar-refractivity contribution in [3.05, 3.63) is 52.6 Å². The first-order valence-electron chi connectivity index (χ1n) is 8.76. The molecule has 0 atom stereocenters. The highest BCUT2D eigenvalue weighted by Crippen LogP contribution is 2.32. The van der Waals surface area contributed by atoms with Gasteiger partial charge >= 0.3 is 0 Å². The number of nitrogens with one attached hydrogen (secondary N) is 1. The highest BCUT2D eigenvalue weighted by Gasteiger charge is 2.26. The van der Waals surface area contributed by atoms with E-state index >= 15 is 0 Å². The maximum absolute atomic E-state index is 13.0. The molecule has 0 bridgehead atoms. The number of methoxy groups -OCH3 is 1. The average molecular weight is 388 g/mol. The summed E-state index contributed by atoms with van der Waals surface area (Å²) in [4.78, 5) is 14.1. The number of nitrogens with zero attached hydrogens (tertiary/aromatic N) is 1. The van der Waals surface area contributed by atoms with Gasteiger partial charge in [0.15, 0.2) is 0 Å². The molecule has 1 heterocycles. The van der Waals surface area contributed by atoms with Gasteiger partial charge in [0.05, 0.1) is 10.6 Å². The molecule has 0 spiro atoms. The second-order valence-electron chi connectivity index (χ2n) is 6.91. The van der Waals surface area contributed by atoms with Gasteiger partial charge in [-0.05, 0) is 56.0 Å². The van der Waals surface area contributed by atoms with Crippen LogP contribution in [0.5, 0.6) is 0 Å². The Morgan fingerprint density at radius 2 is 1.81 bits per heavy atom. The summed E-state index contributed by atoms with van der Waals surface area (Å²) in [6, 6.07) is 9.03. The maximum atomic E-state index is 13.0. The summed E-state index contributed by atoms with van der Waals surface area (Å²) in [6.07, 6.45) is 0.744. The van der Waals surface area contributed by atoms with Crippen LogP contribution >= 0.6 is 0 Å². The summed E-state index contributed by atoms with van der Waals surface area (Å²) < 4.78 is 33.5. The molecule has 2 aromatic rings. The lowest BCUT2D eigenvalue weighted by Gasteiger charge is -2.18. The second kappa shape index (κ2) is 7.32. The van der Waals surface area contributed by atoms with E-state index in [9.17, 15) is 13.2 Å². The van der Waals surface area contributed by atoms with Crippen molar-refractivity contribution in [2.45, 2.75) is 32.1 Å². The molecule has 27 heavy (non-hydrogen) atoms. The Morgan fingerprint density at radius 3 is 2.44 bits per heavy atom. The van der Waals surface area contributed by atoms with Gasteiger partial charge < -0.3 is 9.64 Å². The molecule has 0 saturated carbocycles. The molecule has 1 amide bonds. The Hall–Kier alpha value is -2.38. The molecule has 2 aromatic carbocycles. The lowest BCUT2D eigenvalue weighted by atomic mass is 10.1. The first-order chi connectivity index (χ1) is 12.7. The number of anilines is 2. The molecule has 7 heteroatoms. The number of fused-ring (bicyclic) bond motifs is 1. The summed E-state index contributed by atoms with van der Waals surface area (Å²) in [5, 5.41) is 0. The molecule has 3 rings (SSSR count). The molecule has 0 aliphatic carbocycles. The van der Waals surface area contributed by atoms with Crippen LogP contribution in [0.3, 0.4) is 0 Å². The number of amides is 1. The Bertz CT molecular complexity index is 976. The predicted octanol–water partition coefficient (Wildman–Crippen LogP) is 2.95. The molecular weight excluding hydrogens is 364 g/mol. The number of benzene rings is 2. The van der Waals surface area contributed by atoms with E-state index in [1.54, 1.807) is 30.9 Å². The number of hydrogen-bond donors (Lipinski definition) is 1. The number of carbonyl (C=O) groups is 1. The van der Waals surface area contributed by atoms with E-state index in [2.05, 4.69) is 4.72 Å². The van der Waals surface area contributed by atoms with Gasteiger partial charge in [0.1, 0.15) is 6.61 Å². The monoisotopic (exact) mass is 388 g/mol. The van der Waals surface area contributed by atoms with Gasteiger partial charge in [-0.2, -0.15) is 0 Å². The zero-order valence-corrected chi connectivity index (χ0v) is 16.8. The van der Waals surface area contributed by atoms with E-state index in [0.29, 0.717) is 28.3 Å². The molecule has 0 unspecified atom stereocenters. The van der Waals surface area contributed by atoms with Gasteiger partial charge in [-0.1, -0.05) is 23.8 Å². The first kappa shape index (κ1) is 19.4. The van der Waals surface area contributed by atoms with Crippen LogP contribution in [-0.2, 0) is 26.0 Å². The Labute approximate surface area is 160 Å². The van der Waals surface area contributed by atoms with Crippen LogP contribution in [0.4, 0.5) is 11.4 Å². The summed E-state index contributed by atoms with van der Waals surface area (Å²) in [5.74, 6) is -0.138. The standard InChI is InChI=1S/C20H24N2O4S/c1-13-9-14(2)20(15(3)10-13)27(24,25)21-17-6-5-16-7-8-22(18(16)11-17)19(23)12-26-4/h5-6,9-11,21H,7-8,12H2,1-4H3. The molecule has 0 radical (unpaired) electrons. The number of carbonyl (C=O) groups excluding carboxylic acids is 1. The highest BCUT2D eigenvalue weighted by atomic mass is 32.2. The third kappa shape index (κ3) is 3.84. The van der Waals surface area contributed by atoms with Gasteiger partial charge in [0.25, 0.3) is 15.9 Å². The van der Waals surface area contributed by atoms with Crippen molar-refractivity contribution in [1.29, 1.82) is 0 Å². The van der Waals surface area contributed by atoms with Gasteiger partial charge in [0, 0.05) is 19.3 Å². The molecule has 6 nitrogen and oxygen atoms in total. The molecule has 1 aliphatic rings. The van der Waals surface area contributed by atoms with Crippen molar-refractivity contribution in [2.24, 2.45) is 0 Å². The molecule has 1 aliphatic heterocycles. The Kier molecular flexibility index (Phi) is 5.26. The minimum absolute atomic E-state index is 0.00283. The highest BCUT2D eigenvalue weighted by molar-refractivity contribution is 7.92. The number of aryl methyl sites for hydroxylation is 3. The van der Waals surface area contributed by atoms with Crippen LogP contribution in [0.15, 0.2) is 35.2 Å². The fourth-order valence-corrected chi connectivity index (χ4v) is 5.20. The van der Waals surface area contributed by atoms with E-state index in [1.807, 2.05) is 25.1 Å². The fraction of sp³-hybridized carbons (Fsp3) is 0.350. The van der Waals surface area contributed by atoms with Crippen molar-refractivity contribution >= 4 is 27.3 Å². The van der Waals surface area contributed by atoms with Crippen molar-refractivity contribution in [1.82, 2.24) is 0 Å². The fourth-order valence-electron chi connectivity index (χ4n) is 3.70. The van der Waals surface area contributed by atoms with E-state index in [1.165, 1.54) is 7.11 Å². The van der Waals surface area contributed by atoms with Crippen LogP contribution in [0.25, 0.3) is 0 Å². The summed E-state index contributed by atoms with van der Waals surface area (Å²) in [7, 11) is -2.26. The number of ether oxygens (including phenoxy) is 1. The topological polar surface area (TPSA) is 75.7 Å². The Balaban J connectivity index is 1.93. The predicted molar refractivity (Wildman–Crippen MR) is 106 cm³/mol. The smallest absolute Gasteiger partial charge is 0.262 e. The van der Waals surface area contributed by atoms with Crippen molar-refractivity contribution in [3.8, 4) is 0 Å². The number of rotatable bonds is 5. The van der Waals surface area contributed by atoms with E-state index in [-0.39, 0.29) is 12.5 Å². The number of sulfonamides is 1. The van der Waals surface area contributed by atoms with E-state index in [4.69, 9.17) is 4.74 Å². The van der Waals surface area contributed by atoms with Gasteiger partial charge in [0.2, 0.25) is 0 Å². The molecule has 0 aromatic heterocycles. The minimum atomic E-state index is -3.73. The van der Waals surface area contributed by atoms with Crippen LogP contribution in [-0.4, -0.2) is 34.6 Å². The summed E-state index contributed by atoms with van der Waals surface area (Å²) in [6.45, 7) is 6.10. The second-order valence-corrected chi connectivity index (χ2v) is 8.52. The number of hydrogen-bond acceptors (Lipinski definition) is 4. The van der Waals surface area contributed by atoms with Crippen LogP contribution in [0, 0.1) is 20.8 Å². The molecular formula is C20H24N2O4S. The van der Waals surface area contributed by atoms with Gasteiger partial charge in [-0.15, -0.1) is 0 Å². The first-order valence-corrected chi connectivity index (χ1v) is 10.2. The van der Waals surface area contributed by atoms with Gasteiger partial charge in [-0.25, -0.2) is 8.42 Å². The zero-order chi connectivity index (χ0) is 19.8.